The maximum atomic E-state index is 12.8. The van der Waals surface area contributed by atoms with E-state index in [4.69, 9.17) is 21.1 Å². The molecule has 3 aromatic rings. The fraction of sp³-hybridized carbons (Fsp3) is 0.143. The fourth-order valence-corrected chi connectivity index (χ4v) is 3.91. The van der Waals surface area contributed by atoms with E-state index < -0.39 is 24.4 Å². The number of rotatable bonds is 9. The van der Waals surface area contributed by atoms with Crippen LogP contribution in [0.15, 0.2) is 72.4 Å². The van der Waals surface area contributed by atoms with Crippen molar-refractivity contribution in [2.24, 2.45) is 0 Å². The predicted octanol–water partition coefficient (Wildman–Crippen LogP) is 4.21. The van der Waals surface area contributed by atoms with Crippen molar-refractivity contribution in [3.05, 3.63) is 88.6 Å². The van der Waals surface area contributed by atoms with Crippen molar-refractivity contribution in [3.63, 3.8) is 0 Å². The Morgan fingerprint density at radius 3 is 2.44 bits per heavy atom. The van der Waals surface area contributed by atoms with E-state index in [-0.39, 0.29) is 29.0 Å². The maximum Gasteiger partial charge on any atom is 0.329 e. The van der Waals surface area contributed by atoms with Crippen LogP contribution in [-0.2, 0) is 14.4 Å². The molecule has 0 bridgehead atoms. The first-order chi connectivity index (χ1) is 18.7. The number of carbonyl (C=O) groups excluding carboxylic acids is 4. The molecule has 0 unspecified atom stereocenters. The molecule has 0 aliphatic carbocycles. The van der Waals surface area contributed by atoms with E-state index >= 15 is 0 Å². The van der Waals surface area contributed by atoms with Gasteiger partial charge in [-0.05, 0) is 55.0 Å². The second-order valence-electron chi connectivity index (χ2n) is 8.52. The molecule has 1 fully saturated rings. The summed E-state index contributed by atoms with van der Waals surface area (Å²) in [6.07, 6.45) is 1.43. The molecule has 3 aromatic carbocycles. The summed E-state index contributed by atoms with van der Waals surface area (Å²) in [7, 11) is 1.47. The van der Waals surface area contributed by atoms with Gasteiger partial charge in [-0.25, -0.2) is 9.69 Å². The normalized spacial score (nSPS) is 13.7. The second-order valence-corrected chi connectivity index (χ2v) is 8.93. The minimum absolute atomic E-state index is 0.0210. The number of methoxy groups -OCH3 is 1. The zero-order chi connectivity index (χ0) is 27.9. The number of ether oxygens (including phenoxy) is 2. The number of halogens is 1. The van der Waals surface area contributed by atoms with Crippen LogP contribution in [-0.4, -0.2) is 48.9 Å². The molecule has 1 heterocycles. The van der Waals surface area contributed by atoms with Crippen LogP contribution in [0.25, 0.3) is 6.08 Å². The van der Waals surface area contributed by atoms with Gasteiger partial charge in [0.25, 0.3) is 11.8 Å². The zero-order valence-corrected chi connectivity index (χ0v) is 21.9. The van der Waals surface area contributed by atoms with Gasteiger partial charge in [-0.2, -0.15) is 0 Å². The summed E-state index contributed by atoms with van der Waals surface area (Å²) >= 11 is 6.31. The van der Waals surface area contributed by atoms with Crippen molar-refractivity contribution in [2.45, 2.75) is 6.92 Å². The molecule has 1 aliphatic rings. The van der Waals surface area contributed by atoms with E-state index in [2.05, 4.69) is 16.0 Å². The smallest absolute Gasteiger partial charge is 0.329 e. The summed E-state index contributed by atoms with van der Waals surface area (Å²) in [4.78, 5) is 50.6. The van der Waals surface area contributed by atoms with Crippen molar-refractivity contribution in [1.82, 2.24) is 10.2 Å². The topological polar surface area (TPSA) is 126 Å². The average Bonchev–Trinajstić information content (AvgIpc) is 3.17. The molecule has 0 saturated carbocycles. The molecular weight excluding hydrogens is 524 g/mol. The van der Waals surface area contributed by atoms with E-state index in [9.17, 15) is 19.2 Å². The van der Waals surface area contributed by atoms with E-state index in [0.29, 0.717) is 22.7 Å². The maximum absolute atomic E-state index is 12.8. The van der Waals surface area contributed by atoms with E-state index in [1.54, 1.807) is 48.5 Å². The molecular formula is C28H25ClN4O6. The summed E-state index contributed by atoms with van der Waals surface area (Å²) in [5, 5.41) is 8.02. The fourth-order valence-electron chi connectivity index (χ4n) is 3.66. The Morgan fingerprint density at radius 2 is 1.72 bits per heavy atom. The molecule has 200 valence electrons. The molecule has 0 spiro atoms. The highest BCUT2D eigenvalue weighted by Gasteiger charge is 2.35. The Balaban J connectivity index is 1.35. The van der Waals surface area contributed by atoms with Gasteiger partial charge in [0, 0.05) is 5.69 Å². The Labute approximate surface area is 229 Å². The van der Waals surface area contributed by atoms with Crippen molar-refractivity contribution in [2.75, 3.05) is 30.9 Å². The van der Waals surface area contributed by atoms with Crippen molar-refractivity contribution < 1.29 is 28.7 Å². The number of aryl methyl sites for hydroxylation is 1. The van der Waals surface area contributed by atoms with Crippen molar-refractivity contribution >= 4 is 52.8 Å². The minimum atomic E-state index is -0.730. The van der Waals surface area contributed by atoms with Crippen molar-refractivity contribution in [3.8, 4) is 11.5 Å². The van der Waals surface area contributed by atoms with Crippen LogP contribution in [0.1, 0.15) is 11.1 Å². The first kappa shape index (κ1) is 27.2. The van der Waals surface area contributed by atoms with Crippen LogP contribution >= 0.6 is 11.6 Å². The number of amides is 5. The summed E-state index contributed by atoms with van der Waals surface area (Å²) < 4.78 is 10.7. The average molecular weight is 549 g/mol. The zero-order valence-electron chi connectivity index (χ0n) is 21.1. The van der Waals surface area contributed by atoms with Gasteiger partial charge in [-0.15, -0.1) is 0 Å². The molecule has 11 heteroatoms. The molecule has 0 radical (unpaired) electrons. The van der Waals surface area contributed by atoms with Gasteiger partial charge in [0.05, 0.1) is 17.8 Å². The highest BCUT2D eigenvalue weighted by Crippen LogP contribution is 2.27. The molecule has 4 rings (SSSR count). The van der Waals surface area contributed by atoms with E-state index in [0.717, 1.165) is 10.5 Å². The summed E-state index contributed by atoms with van der Waals surface area (Å²) in [5.41, 5.74) is 2.62. The number of nitrogens with zero attached hydrogens (tertiary/aromatic N) is 1. The third-order valence-electron chi connectivity index (χ3n) is 5.61. The van der Waals surface area contributed by atoms with Crippen LogP contribution in [0.4, 0.5) is 16.2 Å². The van der Waals surface area contributed by atoms with Crippen LogP contribution in [0.2, 0.25) is 5.02 Å². The van der Waals surface area contributed by atoms with Gasteiger partial charge < -0.3 is 25.4 Å². The van der Waals surface area contributed by atoms with Crippen LogP contribution in [0.3, 0.4) is 0 Å². The molecule has 39 heavy (non-hydrogen) atoms. The Bertz CT molecular complexity index is 1450. The summed E-state index contributed by atoms with van der Waals surface area (Å²) in [6.45, 7) is 1.21. The molecule has 1 aliphatic heterocycles. The van der Waals surface area contributed by atoms with Gasteiger partial charge in [-0.1, -0.05) is 47.5 Å². The third kappa shape index (κ3) is 6.93. The SMILES string of the molecule is COc1ccccc1NC(=O)CN1C(=O)N/C(=C/c2ccc(OCC(=O)Nc3ccc(C)cc3)c(Cl)c2)C1=O. The van der Waals surface area contributed by atoms with Gasteiger partial charge in [0.2, 0.25) is 5.91 Å². The lowest BCUT2D eigenvalue weighted by molar-refractivity contribution is -0.127. The number of urea groups is 1. The van der Waals surface area contributed by atoms with Gasteiger partial charge in [0.1, 0.15) is 23.7 Å². The quantitative estimate of drug-likeness (QED) is 0.272. The lowest BCUT2D eigenvalue weighted by atomic mass is 10.2. The second kappa shape index (κ2) is 12.1. The first-order valence-electron chi connectivity index (χ1n) is 11.8. The number of nitrogens with one attached hydrogen (secondary N) is 3. The van der Waals surface area contributed by atoms with Gasteiger partial charge in [-0.3, -0.25) is 14.4 Å². The summed E-state index contributed by atoms with van der Waals surface area (Å²) in [5.74, 6) is -0.871. The standard InChI is InChI=1S/C28H25ClN4O6/c1-17-7-10-19(11-8-17)30-26(35)16-39-23-12-9-18(13-20(23)29)14-22-27(36)33(28(37)32-22)15-25(34)31-21-5-3-4-6-24(21)38-2/h3-14H,15-16H2,1-2H3,(H,30,35)(H,31,34)(H,32,37)/b22-14+. The molecule has 10 nitrogen and oxygen atoms in total. The van der Waals surface area contributed by atoms with Crippen LogP contribution in [0, 0.1) is 6.92 Å². The highest BCUT2D eigenvalue weighted by molar-refractivity contribution is 6.32. The third-order valence-corrected chi connectivity index (χ3v) is 5.90. The van der Waals surface area contributed by atoms with E-state index in [1.165, 1.54) is 19.3 Å². The Morgan fingerprint density at radius 1 is 0.974 bits per heavy atom. The lowest BCUT2D eigenvalue weighted by Gasteiger charge is -2.13. The van der Waals surface area contributed by atoms with Crippen LogP contribution < -0.4 is 25.4 Å². The number of para-hydroxylation sites is 2. The largest absolute Gasteiger partial charge is 0.495 e. The minimum Gasteiger partial charge on any atom is -0.495 e. The molecule has 0 aromatic heterocycles. The number of benzene rings is 3. The molecule has 5 amide bonds. The number of imide groups is 1. The lowest BCUT2D eigenvalue weighted by Crippen LogP contribution is -2.38. The van der Waals surface area contributed by atoms with Gasteiger partial charge in [0.15, 0.2) is 6.61 Å². The van der Waals surface area contributed by atoms with Crippen LogP contribution in [0.5, 0.6) is 11.5 Å². The monoisotopic (exact) mass is 548 g/mol. The van der Waals surface area contributed by atoms with Gasteiger partial charge >= 0.3 is 6.03 Å². The molecule has 1 saturated heterocycles. The Kier molecular flexibility index (Phi) is 8.47. The van der Waals surface area contributed by atoms with Crippen molar-refractivity contribution in [1.29, 1.82) is 0 Å². The predicted molar refractivity (Wildman–Crippen MR) is 147 cm³/mol. The molecule has 3 N–H and O–H groups in total. The number of hydrogen-bond acceptors (Lipinski definition) is 6. The number of hydrogen-bond donors (Lipinski definition) is 3. The Hall–Kier alpha value is -4.83. The van der Waals surface area contributed by atoms with E-state index in [1.807, 2.05) is 19.1 Å². The number of anilines is 2. The number of carbonyl (C=O) groups is 4. The highest BCUT2D eigenvalue weighted by atomic mass is 35.5. The summed E-state index contributed by atoms with van der Waals surface area (Å²) in [6, 6.07) is 18.1. The first-order valence-corrected chi connectivity index (χ1v) is 12.2. The molecule has 0 atom stereocenters.